The van der Waals surface area contributed by atoms with Crippen LogP contribution in [0.15, 0.2) is 114 Å². The first-order chi connectivity index (χ1) is 33.9. The van der Waals surface area contributed by atoms with Gasteiger partial charge in [-0.05, 0) is 112 Å². The van der Waals surface area contributed by atoms with Crippen molar-refractivity contribution in [3.05, 3.63) is 137 Å². The number of hydrogen-bond donors (Lipinski definition) is 4. The van der Waals surface area contributed by atoms with Crippen molar-refractivity contribution in [1.29, 1.82) is 0 Å². The molecule has 70 heavy (non-hydrogen) atoms. The fraction of sp³-hybridized carbons (Fsp3) is 0.280. The zero-order chi connectivity index (χ0) is 49.1. The van der Waals surface area contributed by atoms with Crippen molar-refractivity contribution in [2.45, 2.75) is 25.7 Å². The summed E-state index contributed by atoms with van der Waals surface area (Å²) in [6, 6.07) is 21.1. The molecular formula is C50H52BBrN10O8. The van der Waals surface area contributed by atoms with Gasteiger partial charge in [-0.25, -0.2) is 19.6 Å². The molecule has 6 amide bonds. The number of fused-ring (bicyclic) bond motifs is 2. The number of urea groups is 2. The number of pyridine rings is 4. The van der Waals surface area contributed by atoms with E-state index in [9.17, 15) is 19.2 Å². The summed E-state index contributed by atoms with van der Waals surface area (Å²) >= 11 is 3.41. The fourth-order valence-electron chi connectivity index (χ4n) is 8.50. The maximum absolute atomic E-state index is 12.7. The topological polar surface area (TPSA) is 244 Å². The number of carbonyl (C=O) groups is 4. The van der Waals surface area contributed by atoms with Gasteiger partial charge in [-0.15, -0.1) is 0 Å². The Morgan fingerprint density at radius 2 is 0.943 bits per heavy atom. The van der Waals surface area contributed by atoms with E-state index < -0.39 is 19.2 Å². The Kier molecular flexibility index (Phi) is 16.2. The number of morpholine rings is 2. The van der Waals surface area contributed by atoms with E-state index in [0.29, 0.717) is 93.9 Å². The highest BCUT2D eigenvalue weighted by atomic mass is 79.9. The summed E-state index contributed by atoms with van der Waals surface area (Å²) in [7, 11) is -1.50. The standard InChI is InChI=1S/C25H25N5O3.C14H13BrN4O.C11H14BNO4/c26-25(32)30-7-1-2-19-12-22(16-28-23(19)30)21-13-20(14-27-15-21)17-3-5-18(6-4-17)24(31)29-8-10-33-11-9-29;15-12-5-11(6-17-8-12)10-4-9-2-1-3-19(14(16)20)13(9)18-7-10;14-11(13-5-7-17-8-6-13)9-1-3-10(4-2-9)12(15)16/h3-6,12-16H,1-2,7-11H2,(H2,26,32);4-8H,1-3H2,(H2,16,20);1-4,15-16H,5-8H2. The molecule has 0 radical (unpaired) electrons. The molecule has 2 fully saturated rings. The Labute approximate surface area is 413 Å². The molecule has 0 saturated carbocycles. The van der Waals surface area contributed by atoms with Crippen LogP contribution in [0, 0.1) is 0 Å². The van der Waals surface area contributed by atoms with Gasteiger partial charge in [0.1, 0.15) is 11.6 Å². The number of nitrogens with zero attached hydrogens (tertiary/aromatic N) is 8. The van der Waals surface area contributed by atoms with Gasteiger partial charge < -0.3 is 40.8 Å². The number of aryl methyl sites for hydroxylation is 2. The summed E-state index contributed by atoms with van der Waals surface area (Å²) in [5.74, 6) is 1.30. The van der Waals surface area contributed by atoms with Gasteiger partial charge in [0.2, 0.25) is 0 Å². The predicted octanol–water partition coefficient (Wildman–Crippen LogP) is 4.69. The van der Waals surface area contributed by atoms with Crippen molar-refractivity contribution in [3.8, 4) is 33.4 Å². The largest absolute Gasteiger partial charge is 0.488 e. The predicted molar refractivity (Wildman–Crippen MR) is 268 cm³/mol. The van der Waals surface area contributed by atoms with Crippen molar-refractivity contribution in [3.63, 3.8) is 0 Å². The smallest absolute Gasteiger partial charge is 0.423 e. The van der Waals surface area contributed by atoms with Crippen LogP contribution in [0.5, 0.6) is 0 Å². The van der Waals surface area contributed by atoms with Gasteiger partial charge >= 0.3 is 19.2 Å². The minimum atomic E-state index is -1.50. The summed E-state index contributed by atoms with van der Waals surface area (Å²) < 4.78 is 11.4. The Morgan fingerprint density at radius 1 is 0.529 bits per heavy atom. The van der Waals surface area contributed by atoms with Crippen molar-refractivity contribution in [2.24, 2.45) is 11.5 Å². The van der Waals surface area contributed by atoms with E-state index in [0.717, 1.165) is 74.7 Å². The van der Waals surface area contributed by atoms with Gasteiger partial charge in [0, 0.05) is 120 Å². The lowest BCUT2D eigenvalue weighted by atomic mass is 9.80. The number of amides is 6. The zero-order valence-electron chi connectivity index (χ0n) is 38.3. The SMILES string of the molecule is NC(=O)N1CCCc2cc(-c3cncc(-c4ccc(C(=O)N5CCOCC5)cc4)c3)cnc21.NC(=O)N1CCCc2cc(-c3cncc(Br)c3)cnc21.O=C(c1ccc(B(O)O)cc1)N1CCOCC1. The molecule has 20 heteroatoms. The summed E-state index contributed by atoms with van der Waals surface area (Å²) in [5, 5.41) is 17.9. The van der Waals surface area contributed by atoms with Crippen molar-refractivity contribution >= 4 is 64.0 Å². The molecule has 6 N–H and O–H groups in total. The summed E-state index contributed by atoms with van der Waals surface area (Å²) in [5.41, 5.74) is 20.3. The molecule has 18 nitrogen and oxygen atoms in total. The average Bonchev–Trinajstić information content (AvgIpc) is 3.40. The number of nitrogens with two attached hydrogens (primary N) is 2. The number of ether oxygens (including phenoxy) is 2. The molecule has 2 saturated heterocycles. The van der Waals surface area contributed by atoms with Crippen LogP contribution in [-0.2, 0) is 22.3 Å². The molecule has 360 valence electrons. The lowest BCUT2D eigenvalue weighted by molar-refractivity contribution is 0.0301. The second kappa shape index (κ2) is 23.0. The van der Waals surface area contributed by atoms with Crippen LogP contribution in [0.1, 0.15) is 44.7 Å². The van der Waals surface area contributed by atoms with E-state index in [4.69, 9.17) is 31.0 Å². The molecule has 10 rings (SSSR count). The third-order valence-electron chi connectivity index (χ3n) is 12.2. The van der Waals surface area contributed by atoms with Gasteiger partial charge in [-0.1, -0.05) is 24.3 Å². The lowest BCUT2D eigenvalue weighted by Crippen LogP contribution is -2.40. The molecule has 0 aliphatic carbocycles. The summed E-state index contributed by atoms with van der Waals surface area (Å²) in [4.78, 5) is 71.9. The maximum atomic E-state index is 12.7. The Bertz CT molecular complexity index is 2830. The average molecular weight is 1010 g/mol. The lowest BCUT2D eigenvalue weighted by Gasteiger charge is -2.27. The first-order valence-electron chi connectivity index (χ1n) is 22.9. The molecule has 2 aromatic carbocycles. The van der Waals surface area contributed by atoms with Crippen LogP contribution >= 0.6 is 15.9 Å². The number of anilines is 2. The Hall–Kier alpha value is -7.10. The minimum absolute atomic E-state index is 0.0295. The summed E-state index contributed by atoms with van der Waals surface area (Å²) in [6.45, 7) is 5.98. The van der Waals surface area contributed by atoms with Crippen LogP contribution < -0.4 is 26.7 Å². The molecule has 0 spiro atoms. The van der Waals surface area contributed by atoms with Gasteiger partial charge in [0.25, 0.3) is 11.8 Å². The van der Waals surface area contributed by atoms with Crippen LogP contribution in [0.3, 0.4) is 0 Å². The molecule has 4 aromatic heterocycles. The number of halogens is 1. The molecular weight excluding hydrogens is 959 g/mol. The van der Waals surface area contributed by atoms with E-state index in [1.807, 2.05) is 41.4 Å². The molecule has 0 bridgehead atoms. The van der Waals surface area contributed by atoms with E-state index in [-0.39, 0.29) is 11.8 Å². The number of aromatic nitrogens is 4. The van der Waals surface area contributed by atoms with Gasteiger partial charge in [0.15, 0.2) is 0 Å². The Balaban J connectivity index is 0.000000152. The third kappa shape index (κ3) is 12.0. The second-order valence-corrected chi connectivity index (χ2v) is 17.8. The maximum Gasteiger partial charge on any atom is 0.488 e. The van der Waals surface area contributed by atoms with E-state index in [2.05, 4.69) is 54.1 Å². The number of benzene rings is 2. The molecule has 0 unspecified atom stereocenters. The first kappa shape index (κ1) is 49.3. The highest BCUT2D eigenvalue weighted by molar-refractivity contribution is 9.10. The van der Waals surface area contributed by atoms with Crippen LogP contribution in [-0.4, -0.2) is 136 Å². The van der Waals surface area contributed by atoms with Crippen molar-refractivity contribution in [2.75, 3.05) is 75.5 Å². The van der Waals surface area contributed by atoms with Crippen molar-refractivity contribution in [1.82, 2.24) is 29.7 Å². The zero-order valence-corrected chi connectivity index (χ0v) is 39.9. The minimum Gasteiger partial charge on any atom is -0.423 e. The van der Waals surface area contributed by atoms with Gasteiger partial charge in [-0.2, -0.15) is 0 Å². The third-order valence-corrected chi connectivity index (χ3v) is 12.6. The second-order valence-electron chi connectivity index (χ2n) is 16.8. The van der Waals surface area contributed by atoms with Crippen molar-refractivity contribution < 1.29 is 38.7 Å². The number of hydrogen-bond acceptors (Lipinski definition) is 12. The van der Waals surface area contributed by atoms with Gasteiger partial charge in [0.05, 0.1) is 26.4 Å². The quantitative estimate of drug-likeness (QED) is 0.166. The molecule has 6 aromatic rings. The number of primary amides is 2. The van der Waals surface area contributed by atoms with E-state index >= 15 is 0 Å². The fourth-order valence-corrected chi connectivity index (χ4v) is 8.86. The van der Waals surface area contributed by atoms with E-state index in [1.165, 1.54) is 9.80 Å². The first-order valence-corrected chi connectivity index (χ1v) is 23.7. The van der Waals surface area contributed by atoms with Gasteiger partial charge in [-0.3, -0.25) is 29.4 Å². The van der Waals surface area contributed by atoms with Crippen LogP contribution in [0.4, 0.5) is 21.2 Å². The normalized spacial score (nSPS) is 15.2. The molecule has 4 aliphatic rings. The van der Waals surface area contributed by atoms with Crippen LogP contribution in [0.25, 0.3) is 33.4 Å². The molecule has 0 atom stereocenters. The highest BCUT2D eigenvalue weighted by Crippen LogP contribution is 2.32. The highest BCUT2D eigenvalue weighted by Gasteiger charge is 2.25. The summed E-state index contributed by atoms with van der Waals surface area (Å²) in [6.07, 6.45) is 14.2. The monoisotopic (exact) mass is 1010 g/mol. The molecule has 4 aliphatic heterocycles. The number of rotatable bonds is 6. The van der Waals surface area contributed by atoms with E-state index in [1.54, 1.807) is 60.1 Å². The Morgan fingerprint density at radius 3 is 1.39 bits per heavy atom. The van der Waals surface area contributed by atoms with Crippen LogP contribution in [0.2, 0.25) is 0 Å². The molecule has 8 heterocycles. The number of carbonyl (C=O) groups excluding carboxylic acids is 4.